The summed E-state index contributed by atoms with van der Waals surface area (Å²) in [5, 5.41) is 7.17. The number of unbranched alkanes of at least 4 members (excludes halogenated alkanes) is 1. The lowest BCUT2D eigenvalue weighted by Crippen LogP contribution is -2.33. The van der Waals surface area contributed by atoms with Crippen LogP contribution in [0.25, 0.3) is 0 Å². The summed E-state index contributed by atoms with van der Waals surface area (Å²) < 4.78 is 19.0. The molecule has 0 bridgehead atoms. The van der Waals surface area contributed by atoms with Gasteiger partial charge in [-0.05, 0) is 85.6 Å². The lowest BCUT2D eigenvalue weighted by Gasteiger charge is -2.38. The van der Waals surface area contributed by atoms with Gasteiger partial charge in [0.15, 0.2) is 0 Å². The third-order valence-electron chi connectivity index (χ3n) is 6.18. The molecule has 0 spiro atoms. The van der Waals surface area contributed by atoms with Crippen LogP contribution in [0.3, 0.4) is 0 Å². The fourth-order valence-electron chi connectivity index (χ4n) is 4.43. The Balaban J connectivity index is 1.45. The van der Waals surface area contributed by atoms with Crippen molar-refractivity contribution in [3.05, 3.63) is 87.9 Å². The Labute approximate surface area is 209 Å². The minimum atomic E-state index is -0.302. The van der Waals surface area contributed by atoms with Gasteiger partial charge in [-0.15, -0.1) is 0 Å². The van der Waals surface area contributed by atoms with E-state index in [1.54, 1.807) is 0 Å². The molecule has 3 aromatic rings. The first-order chi connectivity index (χ1) is 16.7. The molecule has 0 unspecified atom stereocenters. The van der Waals surface area contributed by atoms with Crippen LogP contribution < -0.4 is 14.2 Å². The van der Waals surface area contributed by atoms with Gasteiger partial charge in [0.25, 0.3) is 0 Å². The molecule has 176 valence electrons. The van der Waals surface area contributed by atoms with Gasteiger partial charge in [0.05, 0.1) is 25.0 Å². The van der Waals surface area contributed by atoms with E-state index in [2.05, 4.69) is 58.2 Å². The molecule has 2 aliphatic heterocycles. The van der Waals surface area contributed by atoms with Gasteiger partial charge in [0, 0.05) is 22.0 Å². The number of benzene rings is 3. The SMILES string of the molecule is CCCCOc1ccc([C@@H]2Oc3ccc(Br)cc3[C@@H]3CC(c4ccc(OCC)cc4)=NN32)cc1. The summed E-state index contributed by atoms with van der Waals surface area (Å²) in [4.78, 5) is 0. The Hall–Kier alpha value is -2.99. The second kappa shape index (κ2) is 10.1. The molecule has 0 saturated carbocycles. The third-order valence-corrected chi connectivity index (χ3v) is 6.68. The van der Waals surface area contributed by atoms with Crippen LogP contribution in [0.5, 0.6) is 17.2 Å². The first-order valence-electron chi connectivity index (χ1n) is 11.9. The predicted octanol–water partition coefficient (Wildman–Crippen LogP) is 7.27. The number of hydrazone groups is 1. The summed E-state index contributed by atoms with van der Waals surface area (Å²) in [5.74, 6) is 2.66. The number of hydrogen-bond acceptors (Lipinski definition) is 5. The Bertz CT molecular complexity index is 1160. The summed E-state index contributed by atoms with van der Waals surface area (Å²) in [6, 6.07) is 22.7. The molecule has 0 radical (unpaired) electrons. The molecule has 0 aliphatic carbocycles. The minimum absolute atomic E-state index is 0.105. The van der Waals surface area contributed by atoms with Crippen LogP contribution in [0.4, 0.5) is 0 Å². The van der Waals surface area contributed by atoms with Crippen LogP contribution in [0.2, 0.25) is 0 Å². The Morgan fingerprint density at radius 1 is 0.971 bits per heavy atom. The van der Waals surface area contributed by atoms with Crippen LogP contribution in [0.15, 0.2) is 76.3 Å². The van der Waals surface area contributed by atoms with Crippen molar-refractivity contribution in [2.45, 2.75) is 45.4 Å². The highest BCUT2D eigenvalue weighted by molar-refractivity contribution is 9.10. The van der Waals surface area contributed by atoms with E-state index in [9.17, 15) is 0 Å². The summed E-state index contributed by atoms with van der Waals surface area (Å²) >= 11 is 3.62. The molecule has 3 aromatic carbocycles. The van der Waals surface area contributed by atoms with Gasteiger partial charge in [0.1, 0.15) is 17.2 Å². The maximum absolute atomic E-state index is 6.50. The highest BCUT2D eigenvalue weighted by atomic mass is 79.9. The fourth-order valence-corrected chi connectivity index (χ4v) is 4.80. The van der Waals surface area contributed by atoms with Crippen molar-refractivity contribution in [2.75, 3.05) is 13.2 Å². The average Bonchev–Trinajstić information content (AvgIpc) is 3.31. The van der Waals surface area contributed by atoms with E-state index >= 15 is 0 Å². The number of ether oxygens (including phenoxy) is 3. The van der Waals surface area contributed by atoms with Crippen molar-refractivity contribution in [1.82, 2.24) is 5.01 Å². The van der Waals surface area contributed by atoms with Crippen molar-refractivity contribution >= 4 is 21.6 Å². The van der Waals surface area contributed by atoms with Crippen LogP contribution in [0, 0.1) is 0 Å². The Morgan fingerprint density at radius 2 is 1.71 bits per heavy atom. The van der Waals surface area contributed by atoms with E-state index in [0.29, 0.717) is 6.61 Å². The molecule has 2 atom stereocenters. The molecule has 0 amide bonds. The number of nitrogens with zero attached hydrogens (tertiary/aromatic N) is 2. The number of hydrogen-bond donors (Lipinski definition) is 0. The van der Waals surface area contributed by atoms with Gasteiger partial charge in [-0.2, -0.15) is 5.10 Å². The predicted molar refractivity (Wildman–Crippen MR) is 138 cm³/mol. The topological polar surface area (TPSA) is 43.3 Å². The molecule has 5 nitrogen and oxygen atoms in total. The molecule has 0 N–H and O–H groups in total. The molecule has 2 heterocycles. The summed E-state index contributed by atoms with van der Waals surface area (Å²) in [7, 11) is 0. The third kappa shape index (κ3) is 4.64. The number of halogens is 1. The molecule has 6 heteroatoms. The van der Waals surface area contributed by atoms with E-state index in [-0.39, 0.29) is 12.3 Å². The van der Waals surface area contributed by atoms with E-state index < -0.39 is 0 Å². The normalized spacial score (nSPS) is 18.6. The fraction of sp³-hybridized carbons (Fsp3) is 0.321. The van der Waals surface area contributed by atoms with Crippen molar-refractivity contribution in [2.24, 2.45) is 5.10 Å². The maximum atomic E-state index is 6.50. The van der Waals surface area contributed by atoms with Gasteiger partial charge >= 0.3 is 0 Å². The molecule has 34 heavy (non-hydrogen) atoms. The molecular weight excluding hydrogens is 492 g/mol. The number of rotatable bonds is 8. The second-order valence-corrected chi connectivity index (χ2v) is 9.44. The minimum Gasteiger partial charge on any atom is -0.494 e. The van der Waals surface area contributed by atoms with E-state index in [1.807, 2.05) is 43.3 Å². The van der Waals surface area contributed by atoms with Crippen molar-refractivity contribution in [3.63, 3.8) is 0 Å². The molecule has 0 fully saturated rings. The quantitative estimate of drug-likeness (QED) is 0.293. The smallest absolute Gasteiger partial charge is 0.213 e. The highest BCUT2D eigenvalue weighted by Crippen LogP contribution is 2.48. The van der Waals surface area contributed by atoms with E-state index in [0.717, 1.165) is 70.0 Å². The van der Waals surface area contributed by atoms with Crippen LogP contribution >= 0.6 is 15.9 Å². The maximum Gasteiger partial charge on any atom is 0.213 e. The molecular formula is C28H29BrN2O3. The van der Waals surface area contributed by atoms with Crippen LogP contribution in [0.1, 0.15) is 62.1 Å². The van der Waals surface area contributed by atoms with Crippen molar-refractivity contribution in [1.29, 1.82) is 0 Å². The van der Waals surface area contributed by atoms with Gasteiger partial charge in [-0.25, -0.2) is 5.01 Å². The summed E-state index contributed by atoms with van der Waals surface area (Å²) in [6.07, 6.45) is 2.69. The van der Waals surface area contributed by atoms with Gasteiger partial charge in [0.2, 0.25) is 6.23 Å². The molecule has 0 aromatic heterocycles. The Kier molecular flexibility index (Phi) is 6.77. The van der Waals surface area contributed by atoms with Gasteiger partial charge < -0.3 is 14.2 Å². The summed E-state index contributed by atoms with van der Waals surface area (Å²) in [6.45, 7) is 5.55. The number of fused-ring (bicyclic) bond motifs is 3. The zero-order chi connectivity index (χ0) is 23.5. The molecule has 5 rings (SSSR count). The van der Waals surface area contributed by atoms with Crippen molar-refractivity contribution in [3.8, 4) is 17.2 Å². The van der Waals surface area contributed by atoms with E-state index in [4.69, 9.17) is 19.3 Å². The van der Waals surface area contributed by atoms with Gasteiger partial charge in [-0.3, -0.25) is 0 Å². The zero-order valence-electron chi connectivity index (χ0n) is 19.5. The standard InChI is InChI=1S/C28H29BrN2O3/c1-3-5-16-33-23-13-8-20(9-14-23)28-31-26(24-17-21(29)10-15-27(24)34-28)18-25(30-31)19-6-11-22(12-7-19)32-4-2/h6-15,17,26,28H,3-5,16,18H2,1-2H3/t26-,28-/m0/s1. The monoisotopic (exact) mass is 520 g/mol. The van der Waals surface area contributed by atoms with Crippen LogP contribution in [-0.4, -0.2) is 23.9 Å². The summed E-state index contributed by atoms with van der Waals surface area (Å²) in [5.41, 5.74) is 4.36. The van der Waals surface area contributed by atoms with Crippen molar-refractivity contribution < 1.29 is 14.2 Å². The van der Waals surface area contributed by atoms with Gasteiger partial charge in [-0.1, -0.05) is 29.3 Å². The van der Waals surface area contributed by atoms with E-state index in [1.165, 1.54) is 0 Å². The van der Waals surface area contributed by atoms with Crippen LogP contribution in [-0.2, 0) is 0 Å². The Morgan fingerprint density at radius 3 is 2.44 bits per heavy atom. The second-order valence-electron chi connectivity index (χ2n) is 8.53. The first-order valence-corrected chi connectivity index (χ1v) is 12.7. The lowest BCUT2D eigenvalue weighted by atomic mass is 9.96. The lowest BCUT2D eigenvalue weighted by molar-refractivity contribution is -0.0191. The first kappa shape index (κ1) is 22.8. The average molecular weight is 521 g/mol. The largest absolute Gasteiger partial charge is 0.494 e. The molecule has 0 saturated heterocycles. The highest BCUT2D eigenvalue weighted by Gasteiger charge is 2.41. The molecule has 2 aliphatic rings. The zero-order valence-corrected chi connectivity index (χ0v) is 21.1.